The molecule has 0 amide bonds. The van der Waals surface area contributed by atoms with E-state index >= 15 is 0 Å². The smallest absolute Gasteiger partial charge is 0.299 e. The van der Waals surface area contributed by atoms with Gasteiger partial charge in [0.05, 0.1) is 6.04 Å². The summed E-state index contributed by atoms with van der Waals surface area (Å²) in [4.78, 5) is 9.02. The van der Waals surface area contributed by atoms with Crippen molar-refractivity contribution in [2.75, 3.05) is 53.0 Å². The van der Waals surface area contributed by atoms with Crippen molar-refractivity contribution in [3.63, 3.8) is 0 Å². The first-order chi connectivity index (χ1) is 18.1. The van der Waals surface area contributed by atoms with Gasteiger partial charge in [-0.05, 0) is 51.1 Å². The summed E-state index contributed by atoms with van der Waals surface area (Å²) in [6.07, 6.45) is 0.107. The minimum Gasteiger partial charge on any atom is -0.492 e. The van der Waals surface area contributed by atoms with E-state index in [1.54, 1.807) is 56.3 Å². The van der Waals surface area contributed by atoms with Crippen LogP contribution in [0.5, 0.6) is 5.75 Å². The molecule has 2 N–H and O–H groups in total. The van der Waals surface area contributed by atoms with Crippen LogP contribution in [0.3, 0.4) is 0 Å². The molecule has 0 spiro atoms. The van der Waals surface area contributed by atoms with Gasteiger partial charge in [0, 0.05) is 44.9 Å². The van der Waals surface area contributed by atoms with E-state index in [2.05, 4.69) is 26.6 Å². The van der Waals surface area contributed by atoms with E-state index in [1.807, 2.05) is 0 Å². The number of amidine groups is 1. The molecular weight excluding hydrogens is 511 g/mol. The Kier molecular flexibility index (Phi) is 8.92. The third-order valence-corrected chi connectivity index (χ3v) is 8.85. The molecule has 0 aromatic heterocycles. The maximum atomic E-state index is 14.4. The normalized spacial score (nSPS) is 23.4. The number of rotatable bonds is 9. The van der Waals surface area contributed by atoms with Crippen LogP contribution in [0.1, 0.15) is 42.7 Å². The number of ether oxygens (including phenoxy) is 2. The predicted molar refractivity (Wildman–Crippen MR) is 144 cm³/mol. The molecule has 11 heteroatoms. The van der Waals surface area contributed by atoms with E-state index in [-0.39, 0.29) is 24.6 Å². The molecule has 0 bridgehead atoms. The van der Waals surface area contributed by atoms with Gasteiger partial charge in [-0.1, -0.05) is 30.3 Å². The van der Waals surface area contributed by atoms with Gasteiger partial charge in [0.2, 0.25) is 10.0 Å². The van der Waals surface area contributed by atoms with E-state index in [0.717, 1.165) is 32.7 Å². The lowest BCUT2D eigenvalue weighted by Gasteiger charge is -2.39. The minimum absolute atomic E-state index is 0.107. The zero-order valence-electron chi connectivity index (χ0n) is 22.1. The van der Waals surface area contributed by atoms with Crippen LogP contribution in [-0.4, -0.2) is 87.9 Å². The fourth-order valence-corrected chi connectivity index (χ4v) is 6.68. The highest BCUT2D eigenvalue weighted by Gasteiger charge is 2.48. The van der Waals surface area contributed by atoms with Crippen molar-refractivity contribution in [1.29, 1.82) is 0 Å². The third kappa shape index (κ3) is 6.82. The zero-order valence-corrected chi connectivity index (χ0v) is 23.0. The van der Waals surface area contributed by atoms with Crippen molar-refractivity contribution in [1.82, 2.24) is 14.5 Å². The summed E-state index contributed by atoms with van der Waals surface area (Å²) < 4.78 is 55.4. The number of likely N-dealkylation sites (N-methyl/N-ethyl adjacent to an activating group) is 1. The van der Waals surface area contributed by atoms with Crippen molar-refractivity contribution in [2.45, 2.75) is 37.2 Å². The lowest BCUT2D eigenvalue weighted by atomic mass is 9.97. The number of nitrogens with one attached hydrogen (secondary N) is 1. The van der Waals surface area contributed by atoms with Crippen molar-refractivity contribution in [2.24, 2.45) is 4.99 Å². The molecule has 38 heavy (non-hydrogen) atoms. The topological polar surface area (TPSA) is 104 Å². The van der Waals surface area contributed by atoms with Crippen molar-refractivity contribution < 1.29 is 27.4 Å². The Balaban J connectivity index is 1.45. The molecule has 2 heterocycles. The Labute approximate surface area is 224 Å². The molecule has 2 aromatic carbocycles. The highest BCUT2D eigenvalue weighted by atomic mass is 32.2. The van der Waals surface area contributed by atoms with Crippen LogP contribution in [0, 0.1) is 5.82 Å². The Morgan fingerprint density at radius 2 is 1.84 bits per heavy atom. The number of halogens is 1. The number of aliphatic hydroxyl groups excluding tert-OH is 1. The number of nitrogens with zero attached hydrogens (tertiary/aromatic N) is 3. The standard InChI is InChI=1S/C27H37FN4O5S/c1-27(2)25(20-8-10-21(11-9-20)36-19-17-32-15-13-31(3)14-16-32)38(34,35)30-26(37-27)29-24(12-18-33)22-6-4-5-7-23(22)28/h4-11,24-25,33H,12-19H2,1-3H3,(H,29,30). The van der Waals surface area contributed by atoms with Gasteiger partial charge in [-0.25, -0.2) is 22.5 Å². The van der Waals surface area contributed by atoms with Crippen LogP contribution in [0.4, 0.5) is 4.39 Å². The molecular formula is C27H37FN4O5S. The first kappa shape index (κ1) is 28.3. The zero-order chi connectivity index (χ0) is 27.3. The Morgan fingerprint density at radius 3 is 2.47 bits per heavy atom. The van der Waals surface area contributed by atoms with Crippen molar-refractivity contribution in [3.05, 3.63) is 65.5 Å². The molecule has 2 atom stereocenters. The summed E-state index contributed by atoms with van der Waals surface area (Å²) in [6.45, 7) is 8.63. The average Bonchev–Trinajstić information content (AvgIpc) is 2.85. The summed E-state index contributed by atoms with van der Waals surface area (Å²) in [5.41, 5.74) is -0.375. The molecule has 2 aromatic rings. The molecule has 2 saturated heterocycles. The van der Waals surface area contributed by atoms with Gasteiger partial charge >= 0.3 is 0 Å². The Bertz CT molecular complexity index is 1210. The average molecular weight is 549 g/mol. The maximum Gasteiger partial charge on any atom is 0.299 e. The molecule has 2 fully saturated rings. The highest BCUT2D eigenvalue weighted by molar-refractivity contribution is 7.90. The molecule has 0 aliphatic carbocycles. The summed E-state index contributed by atoms with van der Waals surface area (Å²) in [7, 11) is -1.83. The summed E-state index contributed by atoms with van der Waals surface area (Å²) in [5, 5.41) is 8.47. The van der Waals surface area contributed by atoms with Gasteiger partial charge in [0.1, 0.15) is 29.0 Å². The van der Waals surface area contributed by atoms with Gasteiger partial charge < -0.3 is 19.5 Å². The molecule has 2 aliphatic rings. The van der Waals surface area contributed by atoms with Gasteiger partial charge in [0.15, 0.2) is 0 Å². The molecule has 208 valence electrons. The molecule has 0 saturated carbocycles. The highest BCUT2D eigenvalue weighted by Crippen LogP contribution is 2.39. The van der Waals surface area contributed by atoms with Gasteiger partial charge in [-0.15, -0.1) is 0 Å². The van der Waals surface area contributed by atoms with Crippen LogP contribution in [0.15, 0.2) is 53.5 Å². The number of piperazine rings is 1. The molecule has 9 nitrogen and oxygen atoms in total. The quantitative estimate of drug-likeness (QED) is 0.497. The lowest BCUT2D eigenvalue weighted by molar-refractivity contribution is 0.0758. The maximum absolute atomic E-state index is 14.4. The predicted octanol–water partition coefficient (Wildman–Crippen LogP) is 2.70. The second-order valence-corrected chi connectivity index (χ2v) is 12.0. The Hall–Kier alpha value is -2.73. The van der Waals surface area contributed by atoms with E-state index in [9.17, 15) is 17.9 Å². The van der Waals surface area contributed by atoms with E-state index < -0.39 is 32.7 Å². The van der Waals surface area contributed by atoms with Crippen molar-refractivity contribution in [3.8, 4) is 5.75 Å². The van der Waals surface area contributed by atoms with Crippen molar-refractivity contribution >= 4 is 16.0 Å². The van der Waals surface area contributed by atoms with Crippen LogP contribution in [0.2, 0.25) is 0 Å². The third-order valence-electron chi connectivity index (χ3n) is 6.93. The Morgan fingerprint density at radius 1 is 1.16 bits per heavy atom. The number of hydrogen-bond acceptors (Lipinski definition) is 8. The number of sulfonamides is 1. The van der Waals surface area contributed by atoms with Crippen LogP contribution < -0.4 is 9.46 Å². The number of benzene rings is 2. The van der Waals surface area contributed by atoms with Gasteiger partial charge in [-0.3, -0.25) is 4.90 Å². The molecule has 4 rings (SSSR count). The SMILES string of the molecule is CN1CCN(CCOc2ccc(C3C(C)(C)OC(=NC(CCO)c4ccccc4F)NS3(=O)=O)cc2)CC1. The number of aliphatic imine (C=N–C) groups is 1. The van der Waals surface area contributed by atoms with E-state index in [1.165, 1.54) is 6.07 Å². The fourth-order valence-electron chi connectivity index (χ4n) is 4.91. The summed E-state index contributed by atoms with van der Waals surface area (Å²) >= 11 is 0. The first-order valence-electron chi connectivity index (χ1n) is 12.9. The molecule has 0 radical (unpaired) electrons. The molecule has 2 aliphatic heterocycles. The number of aliphatic hydroxyl groups is 1. The monoisotopic (exact) mass is 548 g/mol. The number of hydrogen-bond donors (Lipinski definition) is 2. The summed E-state index contributed by atoms with van der Waals surface area (Å²) in [6, 6.07) is 12.0. The van der Waals surface area contributed by atoms with E-state index in [4.69, 9.17) is 9.47 Å². The largest absolute Gasteiger partial charge is 0.492 e. The van der Waals surface area contributed by atoms with Crippen LogP contribution in [-0.2, 0) is 14.8 Å². The minimum atomic E-state index is -3.95. The fraction of sp³-hybridized carbons (Fsp3) is 0.519. The first-order valence-corrected chi connectivity index (χ1v) is 14.4. The lowest BCUT2D eigenvalue weighted by Crippen LogP contribution is -2.53. The summed E-state index contributed by atoms with van der Waals surface area (Å²) in [5.74, 6) is 0.179. The van der Waals surface area contributed by atoms with Crippen LogP contribution >= 0.6 is 0 Å². The van der Waals surface area contributed by atoms with Gasteiger partial charge in [-0.2, -0.15) is 0 Å². The van der Waals surface area contributed by atoms with Gasteiger partial charge in [0.25, 0.3) is 6.02 Å². The molecule has 2 unspecified atom stereocenters. The second kappa shape index (κ2) is 12.0. The van der Waals surface area contributed by atoms with Crippen LogP contribution in [0.25, 0.3) is 0 Å². The van der Waals surface area contributed by atoms with E-state index in [0.29, 0.717) is 17.9 Å². The second-order valence-electron chi connectivity index (χ2n) is 10.3.